The van der Waals surface area contributed by atoms with Crippen LogP contribution in [0.5, 0.6) is 0 Å². The molecule has 2 aliphatic carbocycles. The summed E-state index contributed by atoms with van der Waals surface area (Å²) < 4.78 is 14.6. The van der Waals surface area contributed by atoms with E-state index in [9.17, 15) is 14.0 Å². The first-order valence-corrected chi connectivity index (χ1v) is 12.0. The Morgan fingerprint density at radius 1 is 1.18 bits per heavy atom. The van der Waals surface area contributed by atoms with Gasteiger partial charge in [-0.2, -0.15) is 4.39 Å². The number of rotatable bonds is 4. The van der Waals surface area contributed by atoms with Crippen LogP contribution in [0.4, 0.5) is 10.1 Å². The number of amides is 1. The molecule has 5 aliphatic rings. The second-order valence-corrected chi connectivity index (χ2v) is 10.0. The molecule has 0 spiro atoms. The van der Waals surface area contributed by atoms with Gasteiger partial charge in [0.15, 0.2) is 0 Å². The predicted octanol–water partition coefficient (Wildman–Crippen LogP) is 1.54. The summed E-state index contributed by atoms with van der Waals surface area (Å²) in [5, 5.41) is 2.47. The Kier molecular flexibility index (Phi) is 4.79. The van der Waals surface area contributed by atoms with E-state index in [1.165, 1.54) is 7.05 Å². The van der Waals surface area contributed by atoms with E-state index in [0.717, 1.165) is 81.7 Å². The minimum absolute atomic E-state index is 0.00963. The van der Waals surface area contributed by atoms with E-state index in [2.05, 4.69) is 20.2 Å². The summed E-state index contributed by atoms with van der Waals surface area (Å²) in [6, 6.07) is 4.24. The molecule has 2 bridgehead atoms. The van der Waals surface area contributed by atoms with E-state index in [1.807, 2.05) is 4.90 Å². The van der Waals surface area contributed by atoms with Crippen molar-refractivity contribution in [2.24, 2.45) is 0 Å². The maximum absolute atomic E-state index is 14.6. The first-order valence-electron chi connectivity index (χ1n) is 12.0. The summed E-state index contributed by atoms with van der Waals surface area (Å²) in [4.78, 5) is 40.7. The number of piperidine rings is 1. The third-order valence-electron chi connectivity index (χ3n) is 8.21. The number of carbonyl (C=O) groups is 1. The van der Waals surface area contributed by atoms with E-state index < -0.39 is 5.95 Å². The lowest BCUT2D eigenvalue weighted by atomic mass is 9.69. The molecule has 0 radical (unpaired) electrons. The molecule has 33 heavy (non-hydrogen) atoms. The molecule has 1 amide bonds. The van der Waals surface area contributed by atoms with E-state index in [1.54, 1.807) is 12.1 Å². The summed E-state index contributed by atoms with van der Waals surface area (Å²) >= 11 is 0. The maximum Gasteiger partial charge on any atom is 0.269 e. The average molecular weight is 453 g/mol. The number of hydrogen-bond acceptors (Lipinski definition) is 6. The highest BCUT2D eigenvalue weighted by Gasteiger charge is 2.59. The number of aromatic amines is 1. The molecule has 174 valence electrons. The van der Waals surface area contributed by atoms with Crippen molar-refractivity contribution in [2.45, 2.75) is 62.4 Å². The summed E-state index contributed by atoms with van der Waals surface area (Å²) in [7, 11) is 1.51. The number of carbonyl (C=O) groups excluding carboxylic acids is 1. The van der Waals surface area contributed by atoms with Crippen molar-refractivity contribution in [2.75, 3.05) is 31.6 Å². The van der Waals surface area contributed by atoms with Crippen LogP contribution in [0, 0.1) is 5.95 Å². The third kappa shape index (κ3) is 3.27. The highest BCUT2D eigenvalue weighted by molar-refractivity contribution is 5.92. The molecule has 0 aromatic carbocycles. The highest BCUT2D eigenvalue weighted by Crippen LogP contribution is 2.53. The van der Waals surface area contributed by atoms with E-state index >= 15 is 0 Å². The van der Waals surface area contributed by atoms with Gasteiger partial charge >= 0.3 is 0 Å². The molecule has 3 saturated heterocycles. The molecule has 1 saturated carbocycles. The number of H-pyrrole nitrogens is 1. The van der Waals surface area contributed by atoms with Crippen molar-refractivity contribution >= 4 is 11.6 Å². The zero-order chi connectivity index (χ0) is 22.7. The van der Waals surface area contributed by atoms with Crippen molar-refractivity contribution in [3.63, 3.8) is 0 Å². The first kappa shape index (κ1) is 20.8. The Labute approximate surface area is 191 Å². The lowest BCUT2D eigenvalue weighted by Crippen LogP contribution is -2.46. The van der Waals surface area contributed by atoms with Crippen LogP contribution in [-0.4, -0.2) is 64.5 Å². The molecule has 9 heteroatoms. The molecule has 3 aliphatic heterocycles. The Hall–Kier alpha value is -2.81. The zero-order valence-electron chi connectivity index (χ0n) is 18.9. The van der Waals surface area contributed by atoms with Crippen molar-refractivity contribution in [1.82, 2.24) is 25.2 Å². The van der Waals surface area contributed by atoms with Gasteiger partial charge in [0.25, 0.3) is 11.5 Å². The van der Waals surface area contributed by atoms with Crippen LogP contribution in [0.25, 0.3) is 0 Å². The van der Waals surface area contributed by atoms with Gasteiger partial charge < -0.3 is 15.2 Å². The number of anilines is 1. The number of hydrogen-bond donors (Lipinski definition) is 2. The number of aryl methyl sites for hydroxylation is 1. The first-order chi connectivity index (χ1) is 16.0. The third-order valence-corrected chi connectivity index (χ3v) is 8.21. The lowest BCUT2D eigenvalue weighted by molar-refractivity contribution is 0.0957. The number of nitrogens with one attached hydrogen (secondary N) is 2. The van der Waals surface area contributed by atoms with Crippen LogP contribution < -0.4 is 15.8 Å². The Bertz CT molecular complexity index is 1170. The van der Waals surface area contributed by atoms with Gasteiger partial charge in [-0.1, -0.05) is 0 Å². The fourth-order valence-electron chi connectivity index (χ4n) is 6.43. The number of nitrogens with zero attached hydrogens (tertiary/aromatic N) is 4. The standard InChI is InChI=1S/C24H29FN6O2/c1-26-22(33)18-5-6-19(20(25)27-18)30-9-7-14(8-10-30)31-13-24(11-15(31)12-24)23-28-17-4-2-3-16(17)21(32)29-23/h5-6,14-15H,2-4,7-13H2,1H3,(H,26,33)(H,28,29,32). The molecule has 5 heterocycles. The smallest absolute Gasteiger partial charge is 0.269 e. The molecule has 2 aromatic heterocycles. The van der Waals surface area contributed by atoms with Gasteiger partial charge in [-0.05, 0) is 57.1 Å². The summed E-state index contributed by atoms with van der Waals surface area (Å²) in [5.74, 6) is -0.0856. The second-order valence-electron chi connectivity index (χ2n) is 10.0. The fraction of sp³-hybridized carbons (Fsp3) is 0.583. The molecule has 2 N–H and O–H groups in total. The summed E-state index contributed by atoms with van der Waals surface area (Å²) in [5.41, 5.74) is 2.51. The minimum Gasteiger partial charge on any atom is -0.368 e. The van der Waals surface area contributed by atoms with Gasteiger partial charge in [-0.15, -0.1) is 0 Å². The topological polar surface area (TPSA) is 94.2 Å². The minimum atomic E-state index is -0.594. The quantitative estimate of drug-likeness (QED) is 0.684. The Morgan fingerprint density at radius 3 is 2.70 bits per heavy atom. The Morgan fingerprint density at radius 2 is 1.97 bits per heavy atom. The van der Waals surface area contributed by atoms with Crippen LogP contribution >= 0.6 is 0 Å². The van der Waals surface area contributed by atoms with Gasteiger partial charge in [0.1, 0.15) is 11.5 Å². The molecular weight excluding hydrogens is 423 g/mol. The van der Waals surface area contributed by atoms with Gasteiger partial charge in [0, 0.05) is 49.7 Å². The monoisotopic (exact) mass is 452 g/mol. The highest BCUT2D eigenvalue weighted by atomic mass is 19.1. The number of fused-ring (bicyclic) bond motifs is 2. The van der Waals surface area contributed by atoms with Crippen molar-refractivity contribution < 1.29 is 9.18 Å². The fourth-order valence-corrected chi connectivity index (χ4v) is 6.43. The largest absolute Gasteiger partial charge is 0.368 e. The predicted molar refractivity (Wildman–Crippen MR) is 121 cm³/mol. The zero-order valence-corrected chi connectivity index (χ0v) is 18.9. The van der Waals surface area contributed by atoms with E-state index in [4.69, 9.17) is 4.98 Å². The molecule has 4 fully saturated rings. The van der Waals surface area contributed by atoms with Crippen LogP contribution in [0.15, 0.2) is 16.9 Å². The van der Waals surface area contributed by atoms with Crippen molar-refractivity contribution in [3.8, 4) is 0 Å². The summed E-state index contributed by atoms with van der Waals surface area (Å²) in [6.45, 7) is 2.46. The van der Waals surface area contributed by atoms with Crippen molar-refractivity contribution in [3.05, 3.63) is 51.2 Å². The SMILES string of the molecule is CNC(=O)c1ccc(N2CCC(N3CC4(c5nc6c(c(=O)[nH]5)CCC6)CC3C4)CC2)c(F)n1. The van der Waals surface area contributed by atoms with Crippen molar-refractivity contribution in [1.29, 1.82) is 0 Å². The molecule has 8 nitrogen and oxygen atoms in total. The molecule has 0 unspecified atom stereocenters. The van der Waals surface area contributed by atoms with E-state index in [0.29, 0.717) is 17.8 Å². The number of pyridine rings is 1. The van der Waals surface area contributed by atoms with Gasteiger partial charge in [0.05, 0.1) is 11.4 Å². The van der Waals surface area contributed by atoms with Crippen LogP contribution in [0.3, 0.4) is 0 Å². The molecule has 0 atom stereocenters. The van der Waals surface area contributed by atoms with Gasteiger partial charge in [-0.3, -0.25) is 14.5 Å². The van der Waals surface area contributed by atoms with Gasteiger partial charge in [0.2, 0.25) is 5.95 Å². The molecular formula is C24H29FN6O2. The van der Waals surface area contributed by atoms with E-state index in [-0.39, 0.29) is 22.6 Å². The second kappa shape index (κ2) is 7.62. The number of halogens is 1. The van der Waals surface area contributed by atoms with Crippen LogP contribution in [0.2, 0.25) is 0 Å². The normalized spacial score (nSPS) is 26.8. The van der Waals surface area contributed by atoms with Gasteiger partial charge in [-0.25, -0.2) is 9.97 Å². The summed E-state index contributed by atoms with van der Waals surface area (Å²) in [6.07, 6.45) is 6.84. The van der Waals surface area contributed by atoms with Crippen LogP contribution in [-0.2, 0) is 18.3 Å². The molecule has 2 aromatic rings. The molecule has 7 rings (SSSR count). The average Bonchev–Trinajstić information content (AvgIpc) is 3.52. The maximum atomic E-state index is 14.6. The number of aromatic nitrogens is 3. The van der Waals surface area contributed by atoms with Crippen LogP contribution in [0.1, 0.15) is 59.7 Å². The Balaban J connectivity index is 1.12. The lowest BCUT2D eigenvalue weighted by Gasteiger charge is -2.40.